The van der Waals surface area contributed by atoms with Crippen LogP contribution in [0.25, 0.3) is 0 Å². The summed E-state index contributed by atoms with van der Waals surface area (Å²) in [7, 11) is 0. The first-order valence-electron chi connectivity index (χ1n) is 4.95. The van der Waals surface area contributed by atoms with Crippen molar-refractivity contribution in [3.63, 3.8) is 0 Å². The number of pyridine rings is 1. The molecule has 80 valence electrons. The van der Waals surface area contributed by atoms with Gasteiger partial charge in [-0.3, -0.25) is 0 Å². The van der Waals surface area contributed by atoms with Crippen LogP contribution in [-0.4, -0.2) is 10.1 Å². The van der Waals surface area contributed by atoms with Gasteiger partial charge in [0.1, 0.15) is 0 Å². The summed E-state index contributed by atoms with van der Waals surface area (Å²) in [4.78, 5) is 10.4. The van der Waals surface area contributed by atoms with Crippen molar-refractivity contribution in [2.75, 3.05) is 0 Å². The van der Waals surface area contributed by atoms with E-state index in [1.165, 1.54) is 0 Å². The van der Waals surface area contributed by atoms with Gasteiger partial charge in [-0.2, -0.15) is 0 Å². The molecular formula is C12H12N2O2+2. The van der Waals surface area contributed by atoms with Crippen LogP contribution in [0.15, 0.2) is 54.9 Å². The predicted molar refractivity (Wildman–Crippen MR) is 57.3 cm³/mol. The monoisotopic (exact) mass is 216 g/mol. The molecule has 16 heavy (non-hydrogen) atoms. The molecule has 0 spiro atoms. The SMILES string of the molecule is O=[N+](O)c1ccc(C[n+]2ccccc2)cc1. The maximum Gasteiger partial charge on any atom is 0.316 e. The van der Waals surface area contributed by atoms with Crippen LogP contribution in [0, 0.1) is 4.91 Å². The molecule has 1 aromatic heterocycles. The Kier molecular flexibility index (Phi) is 2.91. The number of hydrogen-bond acceptors (Lipinski definition) is 1. The third-order valence-corrected chi connectivity index (χ3v) is 2.30. The van der Waals surface area contributed by atoms with Crippen LogP contribution in [0.1, 0.15) is 5.56 Å². The molecule has 0 fully saturated rings. The summed E-state index contributed by atoms with van der Waals surface area (Å²) in [6.45, 7) is 0.741. The number of rotatable bonds is 3. The van der Waals surface area contributed by atoms with Crippen LogP contribution in [-0.2, 0) is 6.54 Å². The minimum Gasteiger partial charge on any atom is -0.241 e. The predicted octanol–water partition coefficient (Wildman–Crippen LogP) is 1.82. The second kappa shape index (κ2) is 4.53. The second-order valence-electron chi connectivity index (χ2n) is 3.49. The Hall–Kier alpha value is -2.23. The van der Waals surface area contributed by atoms with Gasteiger partial charge in [-0.1, -0.05) is 6.07 Å². The van der Waals surface area contributed by atoms with E-state index >= 15 is 0 Å². The molecule has 0 amide bonds. The van der Waals surface area contributed by atoms with Crippen molar-refractivity contribution >= 4 is 5.69 Å². The zero-order valence-electron chi connectivity index (χ0n) is 8.65. The fraction of sp³-hybridized carbons (Fsp3) is 0.0833. The molecular weight excluding hydrogens is 204 g/mol. The van der Waals surface area contributed by atoms with Crippen molar-refractivity contribution in [1.29, 1.82) is 0 Å². The normalized spacial score (nSPS) is 10.0. The summed E-state index contributed by atoms with van der Waals surface area (Å²) in [5.41, 5.74) is 1.31. The van der Waals surface area contributed by atoms with E-state index in [4.69, 9.17) is 5.21 Å². The summed E-state index contributed by atoms with van der Waals surface area (Å²) >= 11 is 0. The molecule has 0 bridgehead atoms. The first kappa shape index (κ1) is 10.3. The van der Waals surface area contributed by atoms with Crippen molar-refractivity contribution < 1.29 is 14.7 Å². The smallest absolute Gasteiger partial charge is 0.241 e. The van der Waals surface area contributed by atoms with Gasteiger partial charge in [0.05, 0.1) is 4.91 Å². The molecule has 4 nitrogen and oxygen atoms in total. The molecule has 0 unspecified atom stereocenters. The van der Waals surface area contributed by atoms with Gasteiger partial charge in [0.15, 0.2) is 18.9 Å². The average Bonchev–Trinajstić information content (AvgIpc) is 2.31. The summed E-state index contributed by atoms with van der Waals surface area (Å²) in [5.74, 6) is 0. The van der Waals surface area contributed by atoms with Crippen LogP contribution in [0.4, 0.5) is 5.69 Å². The first-order valence-corrected chi connectivity index (χ1v) is 4.95. The molecule has 0 radical (unpaired) electrons. The highest BCUT2D eigenvalue weighted by Gasteiger charge is 2.10. The quantitative estimate of drug-likeness (QED) is 0.628. The fourth-order valence-electron chi connectivity index (χ4n) is 1.48. The average molecular weight is 216 g/mol. The molecule has 0 saturated heterocycles. The topological polar surface area (TPSA) is 44.2 Å². The van der Waals surface area contributed by atoms with Gasteiger partial charge in [0.2, 0.25) is 0 Å². The van der Waals surface area contributed by atoms with Gasteiger partial charge in [0.25, 0.3) is 4.92 Å². The van der Waals surface area contributed by atoms with Crippen LogP contribution in [0.3, 0.4) is 0 Å². The van der Waals surface area contributed by atoms with Crippen LogP contribution < -0.4 is 4.57 Å². The molecule has 4 heteroatoms. The lowest BCUT2D eigenvalue weighted by Gasteiger charge is -1.96. The van der Waals surface area contributed by atoms with Crippen molar-refractivity contribution in [2.24, 2.45) is 0 Å². The molecule has 0 aliphatic heterocycles. The second-order valence-corrected chi connectivity index (χ2v) is 3.49. The number of aromatic nitrogens is 1. The minimum atomic E-state index is -0.139. The van der Waals surface area contributed by atoms with Gasteiger partial charge in [0, 0.05) is 29.8 Å². The lowest BCUT2D eigenvalue weighted by atomic mass is 10.2. The maximum atomic E-state index is 10.6. The van der Waals surface area contributed by atoms with E-state index in [2.05, 4.69) is 0 Å². The highest BCUT2D eigenvalue weighted by atomic mass is 16.6. The number of hydrogen-bond donors (Lipinski definition) is 1. The molecule has 0 aliphatic carbocycles. The minimum absolute atomic E-state index is 0.139. The standard InChI is InChI=1S/C12H12N2O2/c15-14(16)12-6-4-11(5-7-12)10-13-8-2-1-3-9-13/h1-9H,10H2,(H,15,16)/q+2. The van der Waals surface area contributed by atoms with E-state index in [0.29, 0.717) is 0 Å². The third kappa shape index (κ3) is 2.42. The van der Waals surface area contributed by atoms with E-state index in [0.717, 1.165) is 12.1 Å². The van der Waals surface area contributed by atoms with E-state index in [9.17, 15) is 4.91 Å². The van der Waals surface area contributed by atoms with Crippen molar-refractivity contribution in [2.45, 2.75) is 6.54 Å². The highest BCUT2D eigenvalue weighted by Crippen LogP contribution is 2.10. The van der Waals surface area contributed by atoms with Crippen LogP contribution in [0.5, 0.6) is 0 Å². The Bertz CT molecular complexity index is 480. The summed E-state index contributed by atoms with van der Waals surface area (Å²) in [5, 5.41) is 8.68. The van der Waals surface area contributed by atoms with Crippen molar-refractivity contribution in [3.05, 3.63) is 65.3 Å². The Balaban J connectivity index is 2.14. The van der Waals surface area contributed by atoms with Gasteiger partial charge in [-0.25, -0.2) is 9.77 Å². The Morgan fingerprint density at radius 3 is 2.25 bits per heavy atom. The van der Waals surface area contributed by atoms with Crippen molar-refractivity contribution in [3.8, 4) is 0 Å². The molecule has 2 aromatic rings. The number of nitrogens with zero attached hydrogens (tertiary/aromatic N) is 2. The fourth-order valence-corrected chi connectivity index (χ4v) is 1.48. The molecule has 1 heterocycles. The Morgan fingerprint density at radius 2 is 1.69 bits per heavy atom. The lowest BCUT2D eigenvalue weighted by Crippen LogP contribution is -2.32. The zero-order chi connectivity index (χ0) is 11.4. The largest absolute Gasteiger partial charge is 0.316 e. The summed E-state index contributed by atoms with van der Waals surface area (Å²) < 4.78 is 2.03. The lowest BCUT2D eigenvalue weighted by molar-refractivity contribution is -0.729. The Labute approximate surface area is 92.9 Å². The molecule has 0 aliphatic rings. The molecule has 0 atom stereocenters. The van der Waals surface area contributed by atoms with Gasteiger partial charge >= 0.3 is 5.69 Å². The molecule has 1 N–H and O–H groups in total. The molecule has 0 saturated carbocycles. The highest BCUT2D eigenvalue weighted by molar-refractivity contribution is 5.31. The number of benzene rings is 1. The third-order valence-electron chi connectivity index (χ3n) is 2.30. The van der Waals surface area contributed by atoms with Crippen LogP contribution in [0.2, 0.25) is 0 Å². The zero-order valence-corrected chi connectivity index (χ0v) is 8.65. The van der Waals surface area contributed by atoms with Gasteiger partial charge in [-0.15, -0.1) is 0 Å². The maximum absolute atomic E-state index is 10.6. The van der Waals surface area contributed by atoms with Crippen LogP contribution >= 0.6 is 0 Å². The van der Waals surface area contributed by atoms with Gasteiger partial charge in [-0.05, 0) is 12.1 Å². The molecule has 1 aromatic carbocycles. The Morgan fingerprint density at radius 1 is 1.06 bits per heavy atom. The summed E-state index contributed by atoms with van der Waals surface area (Å²) in [6.07, 6.45) is 3.94. The first-order chi connectivity index (χ1) is 7.75. The van der Waals surface area contributed by atoms with E-state index in [1.54, 1.807) is 12.1 Å². The van der Waals surface area contributed by atoms with Gasteiger partial charge < -0.3 is 0 Å². The summed E-state index contributed by atoms with van der Waals surface area (Å²) in [6, 6.07) is 12.7. The van der Waals surface area contributed by atoms with E-state index in [1.807, 2.05) is 47.3 Å². The van der Waals surface area contributed by atoms with Crippen molar-refractivity contribution in [1.82, 2.24) is 0 Å². The molecule has 2 rings (SSSR count). The van der Waals surface area contributed by atoms with E-state index in [-0.39, 0.29) is 10.6 Å². The van der Waals surface area contributed by atoms with E-state index < -0.39 is 0 Å².